The third-order valence-electron chi connectivity index (χ3n) is 2.95. The fourth-order valence-electron chi connectivity index (χ4n) is 1.63. The van der Waals surface area contributed by atoms with Crippen LogP contribution in [0.25, 0.3) is 0 Å². The van der Waals surface area contributed by atoms with Gasteiger partial charge in [-0.3, -0.25) is 4.79 Å². The molecule has 5 heteroatoms. The van der Waals surface area contributed by atoms with Crippen LogP contribution in [0.1, 0.15) is 30.8 Å². The second kappa shape index (κ2) is 8.04. The lowest BCUT2D eigenvalue weighted by molar-refractivity contribution is 0.0751. The fourth-order valence-corrected chi connectivity index (χ4v) is 2.33. The summed E-state index contributed by atoms with van der Waals surface area (Å²) in [5.74, 6) is 0.904. The maximum atomic E-state index is 12.2. The first kappa shape index (κ1) is 15.8. The molecule has 1 N–H and O–H groups in total. The summed E-state index contributed by atoms with van der Waals surface area (Å²) in [4.78, 5) is 18.2. The number of thioether (sulfide) groups is 1. The summed E-state index contributed by atoms with van der Waals surface area (Å²) in [6.45, 7) is 5.08. The highest BCUT2D eigenvalue weighted by Gasteiger charge is 2.17. The van der Waals surface area contributed by atoms with E-state index in [0.717, 1.165) is 24.4 Å². The second-order valence-corrected chi connectivity index (χ2v) is 5.49. The molecule has 0 saturated carbocycles. The van der Waals surface area contributed by atoms with Crippen molar-refractivity contribution in [2.45, 2.75) is 26.3 Å². The van der Waals surface area contributed by atoms with Crippen LogP contribution in [0.3, 0.4) is 0 Å². The van der Waals surface area contributed by atoms with Crippen molar-refractivity contribution in [3.63, 3.8) is 0 Å². The predicted octanol–water partition coefficient (Wildman–Crippen LogP) is 2.73. The van der Waals surface area contributed by atoms with Gasteiger partial charge in [0, 0.05) is 25.4 Å². The topological polar surface area (TPSA) is 45.2 Å². The molecule has 1 aromatic heterocycles. The molecule has 0 aromatic carbocycles. The van der Waals surface area contributed by atoms with Crippen molar-refractivity contribution in [3.05, 3.63) is 24.0 Å². The maximum absolute atomic E-state index is 12.2. The van der Waals surface area contributed by atoms with Crippen LogP contribution in [0.5, 0.6) is 0 Å². The van der Waals surface area contributed by atoms with Gasteiger partial charge < -0.3 is 10.2 Å². The van der Waals surface area contributed by atoms with Crippen LogP contribution in [0.15, 0.2) is 18.3 Å². The lowest BCUT2D eigenvalue weighted by Crippen LogP contribution is -2.37. The smallest absolute Gasteiger partial charge is 0.272 e. The zero-order valence-electron chi connectivity index (χ0n) is 12.1. The lowest BCUT2D eigenvalue weighted by atomic mass is 10.2. The Morgan fingerprint density at radius 1 is 1.53 bits per heavy atom. The minimum Gasteiger partial charge on any atom is -0.384 e. The molecule has 4 nitrogen and oxygen atoms in total. The molecule has 0 bridgehead atoms. The van der Waals surface area contributed by atoms with E-state index in [9.17, 15) is 4.79 Å². The first-order chi connectivity index (χ1) is 9.10. The van der Waals surface area contributed by atoms with Gasteiger partial charge in [0.25, 0.3) is 5.91 Å². The van der Waals surface area contributed by atoms with Crippen molar-refractivity contribution < 1.29 is 4.79 Å². The van der Waals surface area contributed by atoms with Crippen LogP contribution in [-0.4, -0.2) is 47.4 Å². The number of rotatable bonds is 7. The normalized spacial score (nSPS) is 12.0. The Hall–Kier alpha value is -1.23. The predicted molar refractivity (Wildman–Crippen MR) is 83.0 cm³/mol. The number of nitrogens with zero attached hydrogens (tertiary/aromatic N) is 2. The van der Waals surface area contributed by atoms with Crippen molar-refractivity contribution in [2.75, 3.05) is 30.9 Å². The minimum absolute atomic E-state index is 0.0245. The molecule has 0 aliphatic rings. The van der Waals surface area contributed by atoms with Gasteiger partial charge in [0.2, 0.25) is 0 Å². The highest BCUT2D eigenvalue weighted by Crippen LogP contribution is 2.11. The number of nitrogens with one attached hydrogen (secondary N) is 1. The average molecular weight is 281 g/mol. The summed E-state index contributed by atoms with van der Waals surface area (Å²) in [6, 6.07) is 3.90. The molecule has 19 heavy (non-hydrogen) atoms. The van der Waals surface area contributed by atoms with E-state index < -0.39 is 0 Å². The van der Waals surface area contributed by atoms with E-state index in [4.69, 9.17) is 0 Å². The molecular weight excluding hydrogens is 258 g/mol. The van der Waals surface area contributed by atoms with Gasteiger partial charge in [0.1, 0.15) is 5.69 Å². The molecule has 1 atom stereocenters. The van der Waals surface area contributed by atoms with E-state index in [1.165, 1.54) is 0 Å². The number of aromatic nitrogens is 1. The zero-order valence-corrected chi connectivity index (χ0v) is 13.0. The van der Waals surface area contributed by atoms with Gasteiger partial charge in [-0.15, -0.1) is 0 Å². The quantitative estimate of drug-likeness (QED) is 0.834. The highest BCUT2D eigenvalue weighted by molar-refractivity contribution is 7.98. The number of carbonyl (C=O) groups excluding carboxylic acids is 1. The largest absolute Gasteiger partial charge is 0.384 e. The van der Waals surface area contributed by atoms with E-state index in [0.29, 0.717) is 5.69 Å². The summed E-state index contributed by atoms with van der Waals surface area (Å²) in [5, 5.41) is 3.24. The number of hydrogen-bond acceptors (Lipinski definition) is 4. The average Bonchev–Trinajstić information content (AvgIpc) is 2.44. The molecule has 0 radical (unpaired) electrons. The van der Waals surface area contributed by atoms with Gasteiger partial charge in [-0.05, 0) is 31.7 Å². The monoisotopic (exact) mass is 281 g/mol. The molecule has 0 fully saturated rings. The van der Waals surface area contributed by atoms with Gasteiger partial charge in [-0.1, -0.05) is 6.92 Å². The van der Waals surface area contributed by atoms with Crippen molar-refractivity contribution in [3.8, 4) is 0 Å². The van der Waals surface area contributed by atoms with E-state index in [2.05, 4.69) is 17.2 Å². The molecule has 0 spiro atoms. The van der Waals surface area contributed by atoms with Gasteiger partial charge in [-0.25, -0.2) is 4.98 Å². The molecule has 0 aliphatic carbocycles. The lowest BCUT2D eigenvalue weighted by Gasteiger charge is -2.23. The van der Waals surface area contributed by atoms with E-state index in [1.807, 2.05) is 26.3 Å². The summed E-state index contributed by atoms with van der Waals surface area (Å²) in [7, 11) is 1.83. The minimum atomic E-state index is -0.0245. The van der Waals surface area contributed by atoms with E-state index in [-0.39, 0.29) is 11.9 Å². The van der Waals surface area contributed by atoms with E-state index >= 15 is 0 Å². The zero-order chi connectivity index (χ0) is 14.3. The summed E-state index contributed by atoms with van der Waals surface area (Å²) in [6.07, 6.45) is 4.83. The van der Waals surface area contributed by atoms with Crippen molar-refractivity contribution in [2.24, 2.45) is 0 Å². The Labute approximate surface area is 120 Å². The van der Waals surface area contributed by atoms with Gasteiger partial charge in [0.05, 0.1) is 11.9 Å². The molecule has 1 rings (SSSR count). The molecular formula is C14H23N3OS. The molecule has 1 aromatic rings. The Balaban J connectivity index is 2.66. The molecule has 0 aliphatic heterocycles. The first-order valence-electron chi connectivity index (χ1n) is 6.56. The first-order valence-corrected chi connectivity index (χ1v) is 7.95. The van der Waals surface area contributed by atoms with E-state index in [1.54, 1.807) is 28.9 Å². The molecule has 0 saturated heterocycles. The van der Waals surface area contributed by atoms with Gasteiger partial charge in [-0.2, -0.15) is 11.8 Å². The number of anilines is 1. The Morgan fingerprint density at radius 3 is 2.79 bits per heavy atom. The standard InChI is InChI=1S/C14H23N3OS/c1-5-8-15-12-6-7-13(16-9-12)14(18)17(3)11(2)10-19-4/h6-7,9,11,15H,5,8,10H2,1-4H3. The number of carbonyl (C=O) groups is 1. The van der Waals surface area contributed by atoms with Crippen molar-refractivity contribution in [1.82, 2.24) is 9.88 Å². The van der Waals surface area contributed by atoms with Gasteiger partial charge >= 0.3 is 0 Å². The highest BCUT2D eigenvalue weighted by atomic mass is 32.2. The van der Waals surface area contributed by atoms with Crippen LogP contribution in [0.4, 0.5) is 5.69 Å². The third kappa shape index (κ3) is 4.74. The number of pyridine rings is 1. The van der Waals surface area contributed by atoms with Crippen LogP contribution in [-0.2, 0) is 0 Å². The molecule has 106 valence electrons. The summed E-state index contributed by atoms with van der Waals surface area (Å²) < 4.78 is 0. The molecule has 1 unspecified atom stereocenters. The van der Waals surface area contributed by atoms with Crippen LogP contribution < -0.4 is 5.32 Å². The molecule has 1 heterocycles. The Morgan fingerprint density at radius 2 is 2.26 bits per heavy atom. The Bertz CT molecular complexity index is 394. The SMILES string of the molecule is CCCNc1ccc(C(=O)N(C)C(C)CSC)nc1. The third-order valence-corrected chi connectivity index (χ3v) is 3.77. The fraction of sp³-hybridized carbons (Fsp3) is 0.571. The van der Waals surface area contributed by atoms with Crippen LogP contribution >= 0.6 is 11.8 Å². The van der Waals surface area contributed by atoms with Crippen LogP contribution in [0.2, 0.25) is 0 Å². The Kier molecular flexibility index (Phi) is 6.70. The maximum Gasteiger partial charge on any atom is 0.272 e. The van der Waals surface area contributed by atoms with Crippen molar-refractivity contribution >= 4 is 23.4 Å². The van der Waals surface area contributed by atoms with Crippen molar-refractivity contribution in [1.29, 1.82) is 0 Å². The molecule has 1 amide bonds. The number of amides is 1. The summed E-state index contributed by atoms with van der Waals surface area (Å²) in [5.41, 5.74) is 1.45. The second-order valence-electron chi connectivity index (χ2n) is 4.58. The van der Waals surface area contributed by atoms with Crippen LogP contribution in [0, 0.1) is 0 Å². The summed E-state index contributed by atoms with van der Waals surface area (Å²) >= 11 is 1.74. The number of hydrogen-bond donors (Lipinski definition) is 1. The van der Waals surface area contributed by atoms with Gasteiger partial charge in [0.15, 0.2) is 0 Å².